The minimum atomic E-state index is -0.495. The second kappa shape index (κ2) is 5.30. The van der Waals surface area contributed by atoms with Crippen LogP contribution in [0.5, 0.6) is 11.6 Å². The molecule has 5 heteroatoms. The Hall–Kier alpha value is -2.40. The Bertz CT molecular complexity index is 638. The first-order valence-electron chi connectivity index (χ1n) is 6.49. The van der Waals surface area contributed by atoms with Crippen molar-refractivity contribution in [1.29, 1.82) is 0 Å². The maximum Gasteiger partial charge on any atom is 0.250 e. The zero-order chi connectivity index (χ0) is 13.9. The summed E-state index contributed by atoms with van der Waals surface area (Å²) in [5.41, 5.74) is 8.02. The van der Waals surface area contributed by atoms with Gasteiger partial charge in [0.2, 0.25) is 11.8 Å². The summed E-state index contributed by atoms with van der Waals surface area (Å²) in [4.78, 5) is 15.1. The van der Waals surface area contributed by atoms with Crippen molar-refractivity contribution in [2.24, 2.45) is 5.73 Å². The van der Waals surface area contributed by atoms with E-state index in [1.807, 2.05) is 12.1 Å². The molecule has 1 aromatic heterocycles. The highest BCUT2D eigenvalue weighted by Crippen LogP contribution is 2.28. The van der Waals surface area contributed by atoms with Gasteiger partial charge >= 0.3 is 0 Å². The third-order valence-corrected chi connectivity index (χ3v) is 3.34. The minimum Gasteiger partial charge on any atom is -0.439 e. The molecule has 2 aromatic rings. The molecule has 1 aromatic carbocycles. The third-order valence-electron chi connectivity index (χ3n) is 3.34. The van der Waals surface area contributed by atoms with E-state index in [0.717, 1.165) is 25.3 Å². The standard InChI is InChI=1S/C15H15N3O2/c16-15(19)11-4-5-14(18-8-11)20-13-3-1-2-10-6-7-17-9-12(10)13/h1-5,8,17H,6-7,9H2,(H2,16,19). The van der Waals surface area contributed by atoms with E-state index >= 15 is 0 Å². The normalized spacial score (nSPS) is 13.6. The molecule has 0 saturated carbocycles. The van der Waals surface area contributed by atoms with Crippen LogP contribution in [0.1, 0.15) is 21.5 Å². The number of carbonyl (C=O) groups excluding carboxylic acids is 1. The summed E-state index contributed by atoms with van der Waals surface area (Å²) in [6, 6.07) is 9.29. The third kappa shape index (κ3) is 2.48. The van der Waals surface area contributed by atoms with E-state index in [2.05, 4.69) is 16.4 Å². The number of amides is 1. The molecule has 3 rings (SSSR count). The van der Waals surface area contributed by atoms with E-state index in [1.54, 1.807) is 12.1 Å². The average molecular weight is 269 g/mol. The molecule has 1 aliphatic rings. The number of fused-ring (bicyclic) bond motifs is 1. The number of nitrogens with one attached hydrogen (secondary N) is 1. The Labute approximate surface area is 116 Å². The van der Waals surface area contributed by atoms with E-state index in [-0.39, 0.29) is 0 Å². The molecule has 0 bridgehead atoms. The van der Waals surface area contributed by atoms with Crippen molar-refractivity contribution in [3.8, 4) is 11.6 Å². The molecule has 5 nitrogen and oxygen atoms in total. The number of ether oxygens (including phenoxy) is 1. The number of nitrogens with two attached hydrogens (primary N) is 1. The second-order valence-electron chi connectivity index (χ2n) is 4.67. The number of carbonyl (C=O) groups is 1. The number of rotatable bonds is 3. The highest BCUT2D eigenvalue weighted by molar-refractivity contribution is 5.92. The van der Waals surface area contributed by atoms with Crippen molar-refractivity contribution in [1.82, 2.24) is 10.3 Å². The van der Waals surface area contributed by atoms with Crippen LogP contribution in [0.15, 0.2) is 36.5 Å². The SMILES string of the molecule is NC(=O)c1ccc(Oc2cccc3c2CNCC3)nc1. The number of benzene rings is 1. The van der Waals surface area contributed by atoms with Gasteiger partial charge in [-0.25, -0.2) is 4.98 Å². The van der Waals surface area contributed by atoms with Crippen LogP contribution >= 0.6 is 0 Å². The number of pyridine rings is 1. The van der Waals surface area contributed by atoms with Gasteiger partial charge in [0.05, 0.1) is 5.56 Å². The van der Waals surface area contributed by atoms with E-state index in [9.17, 15) is 4.79 Å². The van der Waals surface area contributed by atoms with Gasteiger partial charge in [-0.1, -0.05) is 12.1 Å². The molecular weight excluding hydrogens is 254 g/mol. The monoisotopic (exact) mass is 269 g/mol. The van der Waals surface area contributed by atoms with Crippen molar-refractivity contribution in [3.63, 3.8) is 0 Å². The minimum absolute atomic E-state index is 0.370. The summed E-state index contributed by atoms with van der Waals surface area (Å²) >= 11 is 0. The fourth-order valence-electron chi connectivity index (χ4n) is 2.28. The first-order chi connectivity index (χ1) is 9.74. The molecule has 0 spiro atoms. The van der Waals surface area contributed by atoms with Gasteiger partial charge in [0.1, 0.15) is 5.75 Å². The maximum atomic E-state index is 11.0. The molecule has 3 N–H and O–H groups in total. The van der Waals surface area contributed by atoms with Crippen LogP contribution in [0.2, 0.25) is 0 Å². The summed E-state index contributed by atoms with van der Waals surface area (Å²) in [7, 11) is 0. The molecule has 1 aliphatic heterocycles. The first kappa shape index (κ1) is 12.6. The summed E-state index contributed by atoms with van der Waals surface area (Å²) in [6.07, 6.45) is 2.42. The molecule has 2 heterocycles. The first-order valence-corrected chi connectivity index (χ1v) is 6.49. The van der Waals surface area contributed by atoms with E-state index < -0.39 is 5.91 Å². The Kier molecular flexibility index (Phi) is 3.35. The van der Waals surface area contributed by atoms with Crippen LogP contribution in [0.4, 0.5) is 0 Å². The quantitative estimate of drug-likeness (QED) is 0.887. The van der Waals surface area contributed by atoms with Gasteiger partial charge in [-0.2, -0.15) is 0 Å². The van der Waals surface area contributed by atoms with Gasteiger partial charge in [0.15, 0.2) is 0 Å². The fourth-order valence-corrected chi connectivity index (χ4v) is 2.28. The lowest BCUT2D eigenvalue weighted by atomic mass is 10.0. The molecule has 0 fully saturated rings. The zero-order valence-electron chi connectivity index (χ0n) is 10.9. The van der Waals surface area contributed by atoms with Crippen molar-refractivity contribution >= 4 is 5.91 Å². The molecule has 1 amide bonds. The molecule has 0 radical (unpaired) electrons. The smallest absolute Gasteiger partial charge is 0.250 e. The van der Waals surface area contributed by atoms with Crippen LogP contribution in [-0.2, 0) is 13.0 Å². The lowest BCUT2D eigenvalue weighted by molar-refractivity contribution is 0.1000. The van der Waals surface area contributed by atoms with Gasteiger partial charge in [-0.05, 0) is 30.7 Å². The zero-order valence-corrected chi connectivity index (χ0v) is 10.9. The van der Waals surface area contributed by atoms with Crippen LogP contribution in [0.25, 0.3) is 0 Å². The molecule has 0 atom stereocenters. The van der Waals surface area contributed by atoms with Crippen molar-refractivity contribution in [3.05, 3.63) is 53.2 Å². The summed E-state index contributed by atoms with van der Waals surface area (Å²) in [5, 5.41) is 3.33. The van der Waals surface area contributed by atoms with Crippen LogP contribution in [0, 0.1) is 0 Å². The Morgan fingerprint density at radius 3 is 2.95 bits per heavy atom. The van der Waals surface area contributed by atoms with Crippen molar-refractivity contribution in [2.45, 2.75) is 13.0 Å². The van der Waals surface area contributed by atoms with E-state index in [1.165, 1.54) is 17.3 Å². The predicted molar refractivity (Wildman–Crippen MR) is 74.7 cm³/mol. The van der Waals surface area contributed by atoms with Gasteiger partial charge in [0.25, 0.3) is 0 Å². The summed E-state index contributed by atoms with van der Waals surface area (Å²) in [5.74, 6) is 0.758. The highest BCUT2D eigenvalue weighted by Gasteiger charge is 2.14. The summed E-state index contributed by atoms with van der Waals surface area (Å²) in [6.45, 7) is 1.78. The van der Waals surface area contributed by atoms with Crippen LogP contribution in [0.3, 0.4) is 0 Å². The number of nitrogens with zero attached hydrogens (tertiary/aromatic N) is 1. The molecule has 20 heavy (non-hydrogen) atoms. The number of hydrogen-bond donors (Lipinski definition) is 2. The number of aromatic nitrogens is 1. The van der Waals surface area contributed by atoms with Gasteiger partial charge in [-0.15, -0.1) is 0 Å². The molecule has 0 aliphatic carbocycles. The van der Waals surface area contributed by atoms with Gasteiger partial charge < -0.3 is 15.8 Å². The van der Waals surface area contributed by atoms with Crippen LogP contribution in [-0.4, -0.2) is 17.4 Å². The fraction of sp³-hybridized carbons (Fsp3) is 0.200. The molecular formula is C15H15N3O2. The number of primary amides is 1. The topological polar surface area (TPSA) is 77.2 Å². The van der Waals surface area contributed by atoms with E-state index in [0.29, 0.717) is 11.4 Å². The van der Waals surface area contributed by atoms with Gasteiger partial charge in [-0.3, -0.25) is 4.79 Å². The van der Waals surface area contributed by atoms with Crippen molar-refractivity contribution in [2.75, 3.05) is 6.54 Å². The van der Waals surface area contributed by atoms with Crippen LogP contribution < -0.4 is 15.8 Å². The molecule has 102 valence electrons. The van der Waals surface area contributed by atoms with Gasteiger partial charge in [0, 0.05) is 24.4 Å². The second-order valence-corrected chi connectivity index (χ2v) is 4.67. The molecule has 0 saturated heterocycles. The lowest BCUT2D eigenvalue weighted by Gasteiger charge is -2.19. The number of hydrogen-bond acceptors (Lipinski definition) is 4. The lowest BCUT2D eigenvalue weighted by Crippen LogP contribution is -2.23. The largest absolute Gasteiger partial charge is 0.439 e. The average Bonchev–Trinajstić information content (AvgIpc) is 2.48. The van der Waals surface area contributed by atoms with E-state index in [4.69, 9.17) is 10.5 Å². The summed E-state index contributed by atoms with van der Waals surface area (Å²) < 4.78 is 5.81. The maximum absolute atomic E-state index is 11.0. The predicted octanol–water partition coefficient (Wildman–Crippen LogP) is 1.62. The Morgan fingerprint density at radius 2 is 2.20 bits per heavy atom. The molecule has 0 unspecified atom stereocenters. The van der Waals surface area contributed by atoms with Crippen molar-refractivity contribution < 1.29 is 9.53 Å². The highest BCUT2D eigenvalue weighted by atomic mass is 16.5. The Morgan fingerprint density at radius 1 is 1.30 bits per heavy atom. The Balaban J connectivity index is 1.86.